The highest BCUT2D eigenvalue weighted by molar-refractivity contribution is 6.31. The van der Waals surface area contributed by atoms with Crippen LogP contribution in [-0.2, 0) is 20.7 Å². The number of ether oxygens (including phenoxy) is 2. The number of esters is 1. The van der Waals surface area contributed by atoms with E-state index in [2.05, 4.69) is 15.8 Å². The Hall–Kier alpha value is -2.08. The van der Waals surface area contributed by atoms with Gasteiger partial charge in [0.05, 0.1) is 13.7 Å². The topological polar surface area (TPSA) is 68.4 Å². The zero-order valence-corrected chi connectivity index (χ0v) is 17.0. The van der Waals surface area contributed by atoms with Crippen molar-refractivity contribution >= 4 is 34.7 Å². The van der Waals surface area contributed by atoms with Crippen LogP contribution in [0.1, 0.15) is 29.7 Å². The predicted molar refractivity (Wildman–Crippen MR) is 110 cm³/mol. The number of nitrogens with one attached hydrogen (secondary N) is 1. The van der Waals surface area contributed by atoms with Crippen LogP contribution in [0, 0.1) is 5.92 Å². The number of hydrogen-bond donors (Lipinski definition) is 1. The second-order valence-electron chi connectivity index (χ2n) is 6.64. The number of benzene rings is 1. The number of carbonyl (C=O) groups excluding carboxylic acids is 1. The summed E-state index contributed by atoms with van der Waals surface area (Å²) in [5.74, 6) is -0.0207. The van der Waals surface area contributed by atoms with Crippen LogP contribution in [-0.4, -0.2) is 31.3 Å². The molecule has 0 bridgehead atoms. The first kappa shape index (κ1) is 20.6. The monoisotopic (exact) mass is 421 g/mol. The first-order valence-electron chi connectivity index (χ1n) is 9.02. The Labute approximate surface area is 173 Å². The SMILES string of the molecule is COC(=O)CCc1ccc(/C(=C\C2CCOC2)c2ccc(Cl)c(=O)[nH]2)cc1Cl. The Morgan fingerprint density at radius 1 is 1.29 bits per heavy atom. The molecule has 28 heavy (non-hydrogen) atoms. The first-order valence-corrected chi connectivity index (χ1v) is 9.78. The van der Waals surface area contributed by atoms with Crippen molar-refractivity contribution in [1.29, 1.82) is 0 Å². The van der Waals surface area contributed by atoms with Crippen molar-refractivity contribution in [2.75, 3.05) is 20.3 Å². The molecule has 148 valence electrons. The quantitative estimate of drug-likeness (QED) is 0.707. The van der Waals surface area contributed by atoms with E-state index in [0.717, 1.165) is 29.7 Å². The molecule has 0 spiro atoms. The fraction of sp³-hybridized carbons (Fsp3) is 0.333. The van der Waals surface area contributed by atoms with Gasteiger partial charge in [-0.15, -0.1) is 0 Å². The molecule has 0 saturated carbocycles. The highest BCUT2D eigenvalue weighted by Gasteiger charge is 2.17. The third kappa shape index (κ3) is 5.04. The molecule has 0 amide bonds. The Morgan fingerprint density at radius 3 is 2.75 bits per heavy atom. The number of H-pyrrole nitrogens is 1. The minimum absolute atomic E-state index is 0.142. The first-order chi connectivity index (χ1) is 13.5. The summed E-state index contributed by atoms with van der Waals surface area (Å²) in [6.07, 6.45) is 3.79. The van der Waals surface area contributed by atoms with E-state index in [1.807, 2.05) is 18.2 Å². The van der Waals surface area contributed by atoms with Gasteiger partial charge in [-0.2, -0.15) is 0 Å². The molecule has 2 aromatic rings. The second-order valence-corrected chi connectivity index (χ2v) is 7.45. The standard InChI is InChI=1S/C21H21Cl2NO4/c1-27-20(25)7-4-14-2-3-15(11-18(14)23)16(10-13-8-9-28-12-13)19-6-5-17(22)21(26)24-19/h2-3,5-6,10-11,13H,4,7-9,12H2,1H3,(H,24,26)/b16-10+. The normalized spacial score (nSPS) is 17.0. The van der Waals surface area contributed by atoms with E-state index in [0.29, 0.717) is 23.7 Å². The van der Waals surface area contributed by atoms with Crippen LogP contribution in [0.3, 0.4) is 0 Å². The van der Waals surface area contributed by atoms with E-state index < -0.39 is 0 Å². The van der Waals surface area contributed by atoms with E-state index in [-0.39, 0.29) is 28.9 Å². The Morgan fingerprint density at radius 2 is 2.11 bits per heavy atom. The molecule has 1 fully saturated rings. The number of halogens is 2. The van der Waals surface area contributed by atoms with Crippen LogP contribution >= 0.6 is 23.2 Å². The molecule has 3 rings (SSSR count). The minimum Gasteiger partial charge on any atom is -0.469 e. The number of aromatic nitrogens is 1. The summed E-state index contributed by atoms with van der Waals surface area (Å²) in [6.45, 7) is 1.37. The van der Waals surface area contributed by atoms with Gasteiger partial charge in [0.2, 0.25) is 0 Å². The molecule has 7 heteroatoms. The van der Waals surface area contributed by atoms with Gasteiger partial charge in [-0.25, -0.2) is 0 Å². The second kappa shape index (κ2) is 9.41. The highest BCUT2D eigenvalue weighted by atomic mass is 35.5. The largest absolute Gasteiger partial charge is 0.469 e. The zero-order chi connectivity index (χ0) is 20.1. The van der Waals surface area contributed by atoms with Crippen LogP contribution in [0.25, 0.3) is 5.57 Å². The van der Waals surface area contributed by atoms with E-state index in [1.165, 1.54) is 7.11 Å². The lowest BCUT2D eigenvalue weighted by molar-refractivity contribution is -0.140. The van der Waals surface area contributed by atoms with Gasteiger partial charge in [-0.1, -0.05) is 41.4 Å². The van der Waals surface area contributed by atoms with Crippen molar-refractivity contribution in [2.24, 2.45) is 5.92 Å². The molecule has 1 aromatic carbocycles. The molecule has 2 heterocycles. The van der Waals surface area contributed by atoms with Crippen LogP contribution in [0.5, 0.6) is 0 Å². The Balaban J connectivity index is 1.95. The van der Waals surface area contributed by atoms with Crippen molar-refractivity contribution in [3.05, 3.63) is 73.6 Å². The summed E-state index contributed by atoms with van der Waals surface area (Å²) >= 11 is 12.3. The van der Waals surface area contributed by atoms with E-state index in [9.17, 15) is 9.59 Å². The molecule has 1 atom stereocenters. The summed E-state index contributed by atoms with van der Waals surface area (Å²) in [5, 5.41) is 0.703. The van der Waals surface area contributed by atoms with Gasteiger partial charge in [0.15, 0.2) is 0 Å². The van der Waals surface area contributed by atoms with Crippen LogP contribution < -0.4 is 5.56 Å². The lowest BCUT2D eigenvalue weighted by Gasteiger charge is -2.13. The van der Waals surface area contributed by atoms with Gasteiger partial charge in [-0.3, -0.25) is 9.59 Å². The smallest absolute Gasteiger partial charge is 0.305 e. The Bertz CT molecular complexity index is 946. The minimum atomic E-state index is -0.339. The molecule has 0 radical (unpaired) electrons. The lowest BCUT2D eigenvalue weighted by atomic mass is 9.95. The molecule has 1 aliphatic rings. The molecule has 1 N–H and O–H groups in total. The van der Waals surface area contributed by atoms with Crippen molar-refractivity contribution in [3.63, 3.8) is 0 Å². The van der Waals surface area contributed by atoms with Gasteiger partial charge < -0.3 is 14.5 Å². The number of carbonyl (C=O) groups is 1. The van der Waals surface area contributed by atoms with Crippen LogP contribution in [0.4, 0.5) is 0 Å². The van der Waals surface area contributed by atoms with E-state index >= 15 is 0 Å². The average Bonchev–Trinajstić information content (AvgIpc) is 3.20. The fourth-order valence-electron chi connectivity index (χ4n) is 3.13. The van der Waals surface area contributed by atoms with Gasteiger partial charge in [0.25, 0.3) is 5.56 Å². The fourth-order valence-corrected chi connectivity index (χ4v) is 3.52. The van der Waals surface area contributed by atoms with Gasteiger partial charge in [-0.05, 0) is 42.2 Å². The summed E-state index contributed by atoms with van der Waals surface area (Å²) in [7, 11) is 1.36. The highest BCUT2D eigenvalue weighted by Crippen LogP contribution is 2.30. The van der Waals surface area contributed by atoms with Crippen molar-refractivity contribution in [3.8, 4) is 0 Å². The summed E-state index contributed by atoms with van der Waals surface area (Å²) < 4.78 is 10.2. The van der Waals surface area contributed by atoms with E-state index in [4.69, 9.17) is 27.9 Å². The predicted octanol–water partition coefficient (Wildman–Crippen LogP) is 4.26. The zero-order valence-electron chi connectivity index (χ0n) is 15.5. The van der Waals surface area contributed by atoms with Gasteiger partial charge in [0, 0.05) is 35.2 Å². The summed E-state index contributed by atoms with van der Waals surface area (Å²) in [6, 6.07) is 9.05. The van der Waals surface area contributed by atoms with Crippen molar-refractivity contribution in [2.45, 2.75) is 19.3 Å². The Kier molecular flexibility index (Phi) is 6.94. The molecule has 1 aliphatic heterocycles. The molecule has 5 nitrogen and oxygen atoms in total. The summed E-state index contributed by atoms with van der Waals surface area (Å²) in [5.41, 5.74) is 2.93. The summed E-state index contributed by atoms with van der Waals surface area (Å²) in [4.78, 5) is 26.2. The lowest BCUT2D eigenvalue weighted by Crippen LogP contribution is -2.09. The molecule has 1 saturated heterocycles. The van der Waals surface area contributed by atoms with Crippen molar-refractivity contribution in [1.82, 2.24) is 4.98 Å². The molecule has 1 unspecified atom stereocenters. The van der Waals surface area contributed by atoms with Crippen LogP contribution in [0.2, 0.25) is 10.0 Å². The maximum absolute atomic E-state index is 12.0. The molecule has 1 aromatic heterocycles. The third-order valence-corrected chi connectivity index (χ3v) is 5.36. The number of pyridine rings is 1. The number of aryl methyl sites for hydroxylation is 1. The maximum atomic E-state index is 12.0. The number of methoxy groups -OCH3 is 1. The van der Waals surface area contributed by atoms with Gasteiger partial charge >= 0.3 is 5.97 Å². The van der Waals surface area contributed by atoms with Crippen molar-refractivity contribution < 1.29 is 14.3 Å². The average molecular weight is 422 g/mol. The maximum Gasteiger partial charge on any atom is 0.305 e. The number of rotatable bonds is 6. The molecular formula is C21H21Cl2NO4. The van der Waals surface area contributed by atoms with Gasteiger partial charge in [0.1, 0.15) is 5.02 Å². The molecular weight excluding hydrogens is 401 g/mol. The number of aromatic amines is 1. The molecule has 0 aliphatic carbocycles. The van der Waals surface area contributed by atoms with E-state index in [1.54, 1.807) is 12.1 Å². The van der Waals surface area contributed by atoms with Crippen LogP contribution in [0.15, 0.2) is 41.2 Å². The number of hydrogen-bond acceptors (Lipinski definition) is 4. The third-order valence-electron chi connectivity index (χ3n) is 4.71.